The van der Waals surface area contributed by atoms with Gasteiger partial charge in [-0.15, -0.1) is 0 Å². The molecular formula is C23H25F3N4O3S. The molecule has 11 heteroatoms. The lowest BCUT2D eigenvalue weighted by Gasteiger charge is -2.13. The Morgan fingerprint density at radius 1 is 1.03 bits per heavy atom. The molecule has 3 aromatic rings. The Bertz CT molecular complexity index is 1260. The van der Waals surface area contributed by atoms with Crippen LogP contribution in [0, 0.1) is 0 Å². The third-order valence-corrected chi connectivity index (χ3v) is 6.37. The van der Waals surface area contributed by atoms with Crippen molar-refractivity contribution in [3.8, 4) is 0 Å². The van der Waals surface area contributed by atoms with Gasteiger partial charge in [0.2, 0.25) is 5.91 Å². The number of nitrogens with zero attached hydrogens (tertiary/aromatic N) is 2. The highest BCUT2D eigenvalue weighted by molar-refractivity contribution is 7.92. The Morgan fingerprint density at radius 2 is 1.74 bits per heavy atom. The fourth-order valence-electron chi connectivity index (χ4n) is 3.23. The summed E-state index contributed by atoms with van der Waals surface area (Å²) >= 11 is 0. The largest absolute Gasteiger partial charge is 0.416 e. The van der Waals surface area contributed by atoms with E-state index in [4.69, 9.17) is 0 Å². The molecular weight excluding hydrogens is 469 g/mol. The van der Waals surface area contributed by atoms with Crippen molar-refractivity contribution in [3.05, 3.63) is 65.9 Å². The number of halogens is 3. The molecule has 0 aliphatic carbocycles. The van der Waals surface area contributed by atoms with Crippen molar-refractivity contribution in [2.75, 3.05) is 25.4 Å². The first-order chi connectivity index (χ1) is 16.0. The van der Waals surface area contributed by atoms with Crippen LogP contribution in [0.4, 0.5) is 18.9 Å². The maximum Gasteiger partial charge on any atom is 0.416 e. The Hall–Kier alpha value is -3.18. The zero-order valence-electron chi connectivity index (χ0n) is 18.7. The van der Waals surface area contributed by atoms with Gasteiger partial charge in [-0.05, 0) is 63.5 Å². The highest BCUT2D eigenvalue weighted by atomic mass is 32.2. The zero-order valence-corrected chi connectivity index (χ0v) is 19.5. The number of hydrogen-bond donors (Lipinski definition) is 2. The number of alkyl halides is 3. The molecule has 1 aromatic heterocycles. The number of para-hydroxylation sites is 1. The fraction of sp³-hybridized carbons (Fsp3) is 0.304. The molecule has 1 heterocycles. The summed E-state index contributed by atoms with van der Waals surface area (Å²) in [4.78, 5) is 18.2. The van der Waals surface area contributed by atoms with Gasteiger partial charge in [0.15, 0.2) is 0 Å². The first-order valence-electron chi connectivity index (χ1n) is 10.5. The molecule has 2 N–H and O–H groups in total. The molecule has 0 aliphatic rings. The first kappa shape index (κ1) is 25.4. The van der Waals surface area contributed by atoms with Crippen LogP contribution in [0.2, 0.25) is 0 Å². The number of amides is 1. The van der Waals surface area contributed by atoms with Crippen LogP contribution in [0.1, 0.15) is 24.1 Å². The number of benzene rings is 2. The quantitative estimate of drug-likeness (QED) is 0.469. The second kappa shape index (κ2) is 10.4. The van der Waals surface area contributed by atoms with Crippen LogP contribution in [0.25, 0.3) is 10.9 Å². The van der Waals surface area contributed by atoms with Crippen molar-refractivity contribution in [2.24, 2.45) is 0 Å². The summed E-state index contributed by atoms with van der Waals surface area (Å²) in [5.41, 5.74) is 0.134. The summed E-state index contributed by atoms with van der Waals surface area (Å²) in [6.07, 6.45) is -3.46. The van der Waals surface area contributed by atoms with Crippen LogP contribution in [0.3, 0.4) is 0 Å². The van der Waals surface area contributed by atoms with Crippen molar-refractivity contribution in [1.82, 2.24) is 15.2 Å². The van der Waals surface area contributed by atoms with Crippen LogP contribution < -0.4 is 10.0 Å². The van der Waals surface area contributed by atoms with Crippen LogP contribution >= 0.6 is 0 Å². The van der Waals surface area contributed by atoms with Crippen molar-refractivity contribution in [2.45, 2.75) is 30.5 Å². The fourth-order valence-corrected chi connectivity index (χ4v) is 4.29. The Labute approximate surface area is 196 Å². The molecule has 34 heavy (non-hydrogen) atoms. The Balaban J connectivity index is 1.77. The van der Waals surface area contributed by atoms with E-state index in [1.807, 2.05) is 19.0 Å². The van der Waals surface area contributed by atoms with Crippen molar-refractivity contribution in [1.29, 1.82) is 0 Å². The number of carbonyl (C=O) groups is 1. The SMILES string of the molecule is CN(C)CCCC(=O)NCc1ccc2cccc(NS(=O)(=O)c3ccc(C(F)(F)F)cc3)c2n1. The lowest BCUT2D eigenvalue weighted by atomic mass is 10.1. The molecule has 3 rings (SSSR count). The number of carbonyl (C=O) groups excluding carboxylic acids is 1. The number of hydrogen-bond acceptors (Lipinski definition) is 5. The van der Waals surface area contributed by atoms with E-state index in [0.717, 1.165) is 37.2 Å². The van der Waals surface area contributed by atoms with Gasteiger partial charge < -0.3 is 10.2 Å². The molecule has 7 nitrogen and oxygen atoms in total. The second-order valence-corrected chi connectivity index (χ2v) is 9.67. The average molecular weight is 495 g/mol. The van der Waals surface area contributed by atoms with Crippen LogP contribution in [0.5, 0.6) is 0 Å². The van der Waals surface area contributed by atoms with Crippen LogP contribution in [-0.2, 0) is 27.5 Å². The molecule has 2 aromatic carbocycles. The van der Waals surface area contributed by atoms with Crippen molar-refractivity contribution >= 4 is 32.5 Å². The number of pyridine rings is 1. The maximum absolute atomic E-state index is 12.8. The summed E-state index contributed by atoms with van der Waals surface area (Å²) in [5.74, 6) is -0.111. The second-order valence-electron chi connectivity index (χ2n) is 7.99. The monoisotopic (exact) mass is 494 g/mol. The first-order valence-corrected chi connectivity index (χ1v) is 11.9. The highest BCUT2D eigenvalue weighted by Crippen LogP contribution is 2.30. The van der Waals surface area contributed by atoms with Crippen LogP contribution in [-0.4, -0.2) is 44.8 Å². The summed E-state index contributed by atoms with van der Waals surface area (Å²) in [6, 6.07) is 11.6. The number of nitrogens with one attached hydrogen (secondary N) is 2. The van der Waals surface area contributed by atoms with Gasteiger partial charge in [-0.1, -0.05) is 18.2 Å². The number of rotatable bonds is 9. The van der Waals surface area contributed by atoms with Gasteiger partial charge in [-0.25, -0.2) is 13.4 Å². The van der Waals surface area contributed by atoms with E-state index < -0.39 is 21.8 Å². The summed E-state index contributed by atoms with van der Waals surface area (Å²) < 4.78 is 66.3. The van der Waals surface area contributed by atoms with Gasteiger partial charge in [0.25, 0.3) is 10.0 Å². The summed E-state index contributed by atoms with van der Waals surface area (Å²) in [7, 11) is -0.292. The standard InChI is InChI=1S/C23H25F3N4O3S/c1-30(2)14-4-7-21(31)27-15-18-11-8-16-5-3-6-20(22(16)28-18)29-34(32,33)19-12-9-17(10-13-19)23(24,25)26/h3,5-6,8-13,29H,4,7,14-15H2,1-2H3,(H,27,31). The minimum atomic E-state index is -4.56. The lowest BCUT2D eigenvalue weighted by Crippen LogP contribution is -2.24. The molecule has 182 valence electrons. The number of anilines is 1. The zero-order chi connectivity index (χ0) is 24.9. The number of sulfonamides is 1. The Morgan fingerprint density at radius 3 is 2.38 bits per heavy atom. The molecule has 0 aliphatic heterocycles. The average Bonchev–Trinajstić information content (AvgIpc) is 2.77. The van der Waals surface area contributed by atoms with E-state index in [2.05, 4.69) is 15.0 Å². The highest BCUT2D eigenvalue weighted by Gasteiger charge is 2.30. The summed E-state index contributed by atoms with van der Waals surface area (Å²) in [6.45, 7) is 0.973. The predicted octanol–water partition coefficient (Wildman–Crippen LogP) is 4.01. The van der Waals surface area contributed by atoms with Crippen molar-refractivity contribution in [3.63, 3.8) is 0 Å². The van der Waals surface area contributed by atoms with Gasteiger partial charge in [0.1, 0.15) is 0 Å². The van der Waals surface area contributed by atoms with E-state index in [1.54, 1.807) is 24.3 Å². The molecule has 0 saturated heterocycles. The van der Waals surface area contributed by atoms with Gasteiger partial charge in [0, 0.05) is 11.8 Å². The lowest BCUT2D eigenvalue weighted by molar-refractivity contribution is -0.137. The molecule has 0 fully saturated rings. The smallest absolute Gasteiger partial charge is 0.350 e. The minimum Gasteiger partial charge on any atom is -0.350 e. The number of aromatic nitrogens is 1. The van der Waals surface area contributed by atoms with E-state index in [-0.39, 0.29) is 23.0 Å². The molecule has 0 bridgehead atoms. The van der Waals surface area contributed by atoms with E-state index in [1.165, 1.54) is 6.07 Å². The third kappa shape index (κ3) is 6.67. The Kier molecular flexibility index (Phi) is 7.78. The molecule has 0 atom stereocenters. The van der Waals surface area contributed by atoms with E-state index >= 15 is 0 Å². The molecule has 0 saturated carbocycles. The maximum atomic E-state index is 12.8. The van der Waals surface area contributed by atoms with E-state index in [9.17, 15) is 26.4 Å². The topological polar surface area (TPSA) is 91.4 Å². The van der Waals surface area contributed by atoms with E-state index in [0.29, 0.717) is 23.0 Å². The van der Waals surface area contributed by atoms with Gasteiger partial charge in [-0.3, -0.25) is 9.52 Å². The summed E-state index contributed by atoms with van der Waals surface area (Å²) in [5, 5.41) is 3.46. The van der Waals surface area contributed by atoms with Gasteiger partial charge in [0.05, 0.1) is 33.9 Å². The van der Waals surface area contributed by atoms with Crippen molar-refractivity contribution < 1.29 is 26.4 Å². The predicted molar refractivity (Wildman–Crippen MR) is 124 cm³/mol. The molecule has 0 radical (unpaired) electrons. The molecule has 1 amide bonds. The minimum absolute atomic E-state index is 0.111. The van der Waals surface area contributed by atoms with Crippen LogP contribution in [0.15, 0.2) is 59.5 Å². The number of fused-ring (bicyclic) bond motifs is 1. The molecule has 0 spiro atoms. The van der Waals surface area contributed by atoms with Gasteiger partial charge >= 0.3 is 6.18 Å². The van der Waals surface area contributed by atoms with Gasteiger partial charge in [-0.2, -0.15) is 13.2 Å². The molecule has 0 unspecified atom stereocenters. The normalized spacial score (nSPS) is 12.2. The third-order valence-electron chi connectivity index (χ3n) is 4.99.